The van der Waals surface area contributed by atoms with Gasteiger partial charge in [-0.25, -0.2) is 4.98 Å². The van der Waals surface area contributed by atoms with E-state index in [-0.39, 0.29) is 0 Å². The number of halogens is 1. The van der Waals surface area contributed by atoms with Crippen molar-refractivity contribution in [2.45, 2.75) is 6.92 Å². The molecule has 0 saturated heterocycles. The SMILES string of the molecule is CCOCCN(C)c1ncc(N)cc1Br. The summed E-state index contributed by atoms with van der Waals surface area (Å²) >= 11 is 3.43. The number of nitrogens with zero attached hydrogens (tertiary/aromatic N) is 2. The molecule has 2 N–H and O–H groups in total. The van der Waals surface area contributed by atoms with Crippen molar-refractivity contribution in [1.82, 2.24) is 4.98 Å². The largest absolute Gasteiger partial charge is 0.397 e. The van der Waals surface area contributed by atoms with Crippen LogP contribution in [0.2, 0.25) is 0 Å². The minimum Gasteiger partial charge on any atom is -0.397 e. The van der Waals surface area contributed by atoms with E-state index in [0.717, 1.165) is 23.4 Å². The second-order valence-electron chi connectivity index (χ2n) is 3.19. The third-order valence-electron chi connectivity index (χ3n) is 1.98. The topological polar surface area (TPSA) is 51.4 Å². The Bertz CT molecular complexity index is 320. The van der Waals surface area contributed by atoms with Gasteiger partial charge in [0.2, 0.25) is 0 Å². The average molecular weight is 274 g/mol. The monoisotopic (exact) mass is 273 g/mol. The zero-order valence-corrected chi connectivity index (χ0v) is 10.6. The summed E-state index contributed by atoms with van der Waals surface area (Å²) in [6.07, 6.45) is 1.65. The molecule has 0 aromatic carbocycles. The summed E-state index contributed by atoms with van der Waals surface area (Å²) in [5, 5.41) is 0. The van der Waals surface area contributed by atoms with E-state index in [2.05, 4.69) is 20.9 Å². The molecule has 0 atom stereocenters. The van der Waals surface area contributed by atoms with E-state index in [1.165, 1.54) is 0 Å². The molecule has 1 heterocycles. The van der Waals surface area contributed by atoms with Crippen molar-refractivity contribution in [2.75, 3.05) is 37.4 Å². The van der Waals surface area contributed by atoms with Crippen LogP contribution in [0.4, 0.5) is 11.5 Å². The van der Waals surface area contributed by atoms with Gasteiger partial charge in [-0.05, 0) is 28.9 Å². The van der Waals surface area contributed by atoms with E-state index in [9.17, 15) is 0 Å². The highest BCUT2D eigenvalue weighted by Gasteiger charge is 2.07. The third-order valence-corrected chi connectivity index (χ3v) is 2.56. The van der Waals surface area contributed by atoms with Gasteiger partial charge in [-0.15, -0.1) is 0 Å². The molecule has 0 aliphatic heterocycles. The molecule has 0 unspecified atom stereocenters. The van der Waals surface area contributed by atoms with Gasteiger partial charge in [0.25, 0.3) is 0 Å². The highest BCUT2D eigenvalue weighted by atomic mass is 79.9. The molecule has 15 heavy (non-hydrogen) atoms. The summed E-state index contributed by atoms with van der Waals surface area (Å²) in [5.74, 6) is 0.879. The lowest BCUT2D eigenvalue weighted by atomic mass is 10.4. The first-order valence-electron chi connectivity index (χ1n) is 4.85. The van der Waals surface area contributed by atoms with Crippen LogP contribution in [0, 0.1) is 0 Å². The van der Waals surface area contributed by atoms with Crippen molar-refractivity contribution < 1.29 is 4.74 Å². The molecule has 0 bridgehead atoms. The molecule has 0 spiro atoms. The van der Waals surface area contributed by atoms with Crippen LogP contribution in [-0.2, 0) is 4.74 Å². The van der Waals surface area contributed by atoms with Gasteiger partial charge in [0, 0.05) is 20.2 Å². The lowest BCUT2D eigenvalue weighted by Crippen LogP contribution is -2.23. The Hall–Kier alpha value is -0.810. The van der Waals surface area contributed by atoms with Gasteiger partial charge in [0.1, 0.15) is 5.82 Å². The van der Waals surface area contributed by atoms with Crippen LogP contribution in [0.3, 0.4) is 0 Å². The Morgan fingerprint density at radius 1 is 1.60 bits per heavy atom. The van der Waals surface area contributed by atoms with Crippen molar-refractivity contribution in [3.8, 4) is 0 Å². The number of ether oxygens (including phenoxy) is 1. The number of pyridine rings is 1. The number of anilines is 2. The average Bonchev–Trinajstić information content (AvgIpc) is 2.17. The number of hydrogen-bond acceptors (Lipinski definition) is 4. The number of nitrogens with two attached hydrogens (primary N) is 1. The smallest absolute Gasteiger partial charge is 0.142 e. The zero-order chi connectivity index (χ0) is 11.3. The predicted molar refractivity (Wildman–Crippen MR) is 66.1 cm³/mol. The van der Waals surface area contributed by atoms with Gasteiger partial charge in [0.05, 0.1) is 23.0 Å². The van der Waals surface area contributed by atoms with Gasteiger partial charge < -0.3 is 15.4 Å². The fourth-order valence-electron chi connectivity index (χ4n) is 1.18. The summed E-state index contributed by atoms with van der Waals surface area (Å²) in [6, 6.07) is 1.85. The quantitative estimate of drug-likeness (QED) is 0.833. The Morgan fingerprint density at radius 2 is 2.33 bits per heavy atom. The van der Waals surface area contributed by atoms with Crippen LogP contribution in [-0.4, -0.2) is 31.8 Å². The molecular weight excluding hydrogens is 258 g/mol. The van der Waals surface area contributed by atoms with E-state index in [0.29, 0.717) is 12.3 Å². The molecule has 0 radical (unpaired) electrons. The van der Waals surface area contributed by atoms with Crippen LogP contribution in [0.15, 0.2) is 16.7 Å². The first-order chi connectivity index (χ1) is 7.15. The summed E-state index contributed by atoms with van der Waals surface area (Å²) in [4.78, 5) is 6.28. The van der Waals surface area contributed by atoms with Crippen LogP contribution in [0.25, 0.3) is 0 Å². The normalized spacial score (nSPS) is 10.3. The highest BCUT2D eigenvalue weighted by Crippen LogP contribution is 2.24. The van der Waals surface area contributed by atoms with Crippen molar-refractivity contribution >= 4 is 27.4 Å². The zero-order valence-electron chi connectivity index (χ0n) is 9.03. The molecule has 0 aliphatic rings. The van der Waals surface area contributed by atoms with Gasteiger partial charge >= 0.3 is 0 Å². The molecule has 4 nitrogen and oxygen atoms in total. The number of likely N-dealkylation sites (N-methyl/N-ethyl adjacent to an activating group) is 1. The molecule has 1 aromatic rings. The van der Waals surface area contributed by atoms with Crippen LogP contribution in [0.5, 0.6) is 0 Å². The second kappa shape index (κ2) is 5.92. The second-order valence-corrected chi connectivity index (χ2v) is 4.05. The number of hydrogen-bond donors (Lipinski definition) is 1. The maximum absolute atomic E-state index is 5.61. The van der Waals surface area contributed by atoms with E-state index < -0.39 is 0 Å². The lowest BCUT2D eigenvalue weighted by molar-refractivity contribution is 0.154. The summed E-state index contributed by atoms with van der Waals surface area (Å²) < 4.78 is 6.18. The number of nitrogen functional groups attached to an aromatic ring is 1. The summed E-state index contributed by atoms with van der Waals surface area (Å²) in [5.41, 5.74) is 6.27. The number of aromatic nitrogens is 1. The van der Waals surface area contributed by atoms with E-state index in [4.69, 9.17) is 10.5 Å². The molecule has 0 amide bonds. The maximum Gasteiger partial charge on any atom is 0.142 e. The van der Waals surface area contributed by atoms with Crippen LogP contribution < -0.4 is 10.6 Å². The van der Waals surface area contributed by atoms with Gasteiger partial charge in [-0.2, -0.15) is 0 Å². The highest BCUT2D eigenvalue weighted by molar-refractivity contribution is 9.10. The molecule has 84 valence electrons. The van der Waals surface area contributed by atoms with Crippen molar-refractivity contribution in [2.24, 2.45) is 0 Å². The molecule has 5 heteroatoms. The predicted octanol–water partition coefficient (Wildman–Crippen LogP) is 1.90. The molecular formula is C10H16BrN3O. The van der Waals surface area contributed by atoms with E-state index in [1.54, 1.807) is 6.20 Å². The minimum absolute atomic E-state index is 0.656. The Kier molecular flexibility index (Phi) is 4.84. The van der Waals surface area contributed by atoms with E-state index in [1.807, 2.05) is 24.9 Å². The molecule has 0 fully saturated rings. The standard InChI is InChI=1S/C10H16BrN3O/c1-3-15-5-4-14(2)10-9(11)6-8(12)7-13-10/h6-7H,3-5,12H2,1-2H3. The Balaban J connectivity index is 2.61. The Labute approximate surface area is 98.6 Å². The van der Waals surface area contributed by atoms with Crippen LogP contribution in [0.1, 0.15) is 6.92 Å². The molecule has 0 saturated carbocycles. The summed E-state index contributed by atoms with van der Waals surface area (Å²) in [6.45, 7) is 4.23. The minimum atomic E-state index is 0.656. The van der Waals surface area contributed by atoms with Gasteiger partial charge in [0.15, 0.2) is 0 Å². The van der Waals surface area contributed by atoms with Crippen molar-refractivity contribution in [3.63, 3.8) is 0 Å². The van der Waals surface area contributed by atoms with E-state index >= 15 is 0 Å². The fourth-order valence-corrected chi connectivity index (χ4v) is 1.85. The number of rotatable bonds is 5. The fraction of sp³-hybridized carbons (Fsp3) is 0.500. The first-order valence-corrected chi connectivity index (χ1v) is 5.64. The first kappa shape index (κ1) is 12.3. The molecule has 0 aliphatic carbocycles. The van der Waals surface area contributed by atoms with Gasteiger partial charge in [-0.3, -0.25) is 0 Å². The van der Waals surface area contributed by atoms with Crippen LogP contribution >= 0.6 is 15.9 Å². The molecule has 1 rings (SSSR count). The summed E-state index contributed by atoms with van der Waals surface area (Å²) in [7, 11) is 1.97. The third kappa shape index (κ3) is 3.68. The van der Waals surface area contributed by atoms with Crippen molar-refractivity contribution in [3.05, 3.63) is 16.7 Å². The van der Waals surface area contributed by atoms with Crippen molar-refractivity contribution in [1.29, 1.82) is 0 Å². The Morgan fingerprint density at radius 3 is 2.93 bits per heavy atom. The maximum atomic E-state index is 5.61. The van der Waals surface area contributed by atoms with Gasteiger partial charge in [-0.1, -0.05) is 0 Å². The lowest BCUT2D eigenvalue weighted by Gasteiger charge is -2.19. The molecule has 1 aromatic heterocycles.